The molecule has 3 rings (SSSR count). The van der Waals surface area contributed by atoms with Crippen molar-refractivity contribution in [3.63, 3.8) is 0 Å². The van der Waals surface area contributed by atoms with Crippen molar-refractivity contribution in [2.45, 2.75) is 18.0 Å². The van der Waals surface area contributed by atoms with Gasteiger partial charge in [0.1, 0.15) is 11.6 Å². The van der Waals surface area contributed by atoms with Gasteiger partial charge in [-0.2, -0.15) is 13.2 Å². The van der Waals surface area contributed by atoms with E-state index in [1.165, 1.54) is 36.4 Å². The standard InChI is InChI=1S/C22H18F4N2O4S/c1-14-2-11-19(20(12-14)32-13-22(24,25)26)27-21(29)15-3-7-17(8-4-15)28-33(30,31)18-9-5-16(23)6-10-18/h2-12,28H,13H2,1H3,(H,27,29). The Kier molecular flexibility index (Phi) is 6.92. The average molecular weight is 482 g/mol. The molecule has 0 saturated heterocycles. The summed E-state index contributed by atoms with van der Waals surface area (Å²) in [6.07, 6.45) is -4.54. The molecular weight excluding hydrogens is 464 g/mol. The SMILES string of the molecule is Cc1ccc(NC(=O)c2ccc(NS(=O)(=O)c3ccc(F)cc3)cc2)c(OCC(F)(F)F)c1. The van der Waals surface area contributed by atoms with Crippen molar-refractivity contribution in [1.29, 1.82) is 0 Å². The highest BCUT2D eigenvalue weighted by Gasteiger charge is 2.29. The fourth-order valence-electron chi connectivity index (χ4n) is 2.72. The Morgan fingerprint density at radius 3 is 2.21 bits per heavy atom. The Morgan fingerprint density at radius 1 is 0.970 bits per heavy atom. The highest BCUT2D eigenvalue weighted by atomic mass is 32.2. The maximum atomic E-state index is 13.0. The van der Waals surface area contributed by atoms with E-state index in [0.29, 0.717) is 5.56 Å². The van der Waals surface area contributed by atoms with E-state index in [9.17, 15) is 30.8 Å². The summed E-state index contributed by atoms with van der Waals surface area (Å²) in [5, 5.41) is 2.48. The quantitative estimate of drug-likeness (QED) is 0.458. The number of alkyl halides is 3. The molecule has 0 radical (unpaired) electrons. The van der Waals surface area contributed by atoms with Gasteiger partial charge in [-0.25, -0.2) is 12.8 Å². The molecule has 0 aliphatic rings. The molecule has 6 nitrogen and oxygen atoms in total. The van der Waals surface area contributed by atoms with Crippen molar-refractivity contribution in [1.82, 2.24) is 0 Å². The molecule has 11 heteroatoms. The number of sulfonamides is 1. The Hall–Kier alpha value is -3.60. The monoisotopic (exact) mass is 482 g/mol. The molecule has 0 aliphatic heterocycles. The van der Waals surface area contributed by atoms with Crippen molar-refractivity contribution < 1.29 is 35.5 Å². The number of nitrogens with one attached hydrogen (secondary N) is 2. The Morgan fingerprint density at radius 2 is 1.61 bits per heavy atom. The zero-order chi connectivity index (χ0) is 24.2. The van der Waals surface area contributed by atoms with E-state index in [2.05, 4.69) is 10.0 Å². The highest BCUT2D eigenvalue weighted by molar-refractivity contribution is 7.92. The average Bonchev–Trinajstić information content (AvgIpc) is 2.74. The van der Waals surface area contributed by atoms with Gasteiger partial charge in [0.2, 0.25) is 0 Å². The first-order valence-corrected chi connectivity index (χ1v) is 10.9. The van der Waals surface area contributed by atoms with Gasteiger partial charge in [0.05, 0.1) is 10.6 Å². The number of rotatable bonds is 7. The van der Waals surface area contributed by atoms with Crippen LogP contribution in [-0.4, -0.2) is 27.1 Å². The summed E-state index contributed by atoms with van der Waals surface area (Å²) in [4.78, 5) is 12.4. The zero-order valence-corrected chi connectivity index (χ0v) is 17.9. The van der Waals surface area contributed by atoms with Crippen LogP contribution in [0.1, 0.15) is 15.9 Å². The minimum Gasteiger partial charge on any atom is -0.482 e. The number of halogens is 4. The molecule has 0 heterocycles. The number of anilines is 2. The lowest BCUT2D eigenvalue weighted by Gasteiger charge is -2.15. The summed E-state index contributed by atoms with van der Waals surface area (Å²) < 4.78 is 82.4. The summed E-state index contributed by atoms with van der Waals surface area (Å²) in [6.45, 7) is 0.153. The van der Waals surface area contributed by atoms with E-state index >= 15 is 0 Å². The molecule has 33 heavy (non-hydrogen) atoms. The van der Waals surface area contributed by atoms with E-state index in [1.807, 2.05) is 0 Å². The minimum atomic E-state index is -4.54. The molecule has 2 N–H and O–H groups in total. The number of aryl methyl sites for hydroxylation is 1. The van der Waals surface area contributed by atoms with Gasteiger partial charge in [-0.05, 0) is 73.2 Å². The van der Waals surface area contributed by atoms with Gasteiger partial charge in [-0.1, -0.05) is 6.07 Å². The third kappa shape index (κ3) is 6.69. The number of amides is 1. The normalized spacial score (nSPS) is 11.7. The van der Waals surface area contributed by atoms with E-state index in [4.69, 9.17) is 4.74 Å². The van der Waals surface area contributed by atoms with Gasteiger partial charge in [0.15, 0.2) is 6.61 Å². The first kappa shape index (κ1) is 24.1. The van der Waals surface area contributed by atoms with Crippen LogP contribution >= 0.6 is 0 Å². The van der Waals surface area contributed by atoms with Crippen molar-refractivity contribution in [2.75, 3.05) is 16.6 Å². The first-order chi connectivity index (χ1) is 15.4. The predicted octanol–water partition coefficient (Wildman–Crippen LogP) is 5.13. The Balaban J connectivity index is 1.71. The van der Waals surface area contributed by atoms with Crippen LogP contribution in [0, 0.1) is 12.7 Å². The molecule has 0 spiro atoms. The molecule has 174 valence electrons. The zero-order valence-electron chi connectivity index (χ0n) is 17.1. The van der Waals surface area contributed by atoms with Crippen molar-refractivity contribution in [2.24, 2.45) is 0 Å². The molecule has 3 aromatic rings. The second-order valence-electron chi connectivity index (χ2n) is 6.99. The van der Waals surface area contributed by atoms with Gasteiger partial charge < -0.3 is 10.1 Å². The van der Waals surface area contributed by atoms with Crippen LogP contribution in [-0.2, 0) is 10.0 Å². The topological polar surface area (TPSA) is 84.5 Å². The largest absolute Gasteiger partial charge is 0.482 e. The van der Waals surface area contributed by atoms with Crippen LogP contribution in [0.4, 0.5) is 28.9 Å². The van der Waals surface area contributed by atoms with Gasteiger partial charge in [-0.3, -0.25) is 9.52 Å². The van der Waals surface area contributed by atoms with Crippen molar-refractivity contribution in [3.8, 4) is 5.75 Å². The van der Waals surface area contributed by atoms with E-state index < -0.39 is 34.5 Å². The molecule has 1 amide bonds. The summed E-state index contributed by atoms with van der Waals surface area (Å²) in [7, 11) is -3.97. The van der Waals surface area contributed by atoms with Gasteiger partial charge >= 0.3 is 6.18 Å². The summed E-state index contributed by atoms with van der Waals surface area (Å²) in [5.74, 6) is -1.35. The Bertz CT molecular complexity index is 1240. The van der Waals surface area contributed by atoms with Crippen LogP contribution in [0.2, 0.25) is 0 Å². The molecule has 3 aromatic carbocycles. The maximum Gasteiger partial charge on any atom is 0.422 e. The second kappa shape index (κ2) is 9.49. The molecular formula is C22H18F4N2O4S. The molecule has 0 atom stereocenters. The number of carbonyl (C=O) groups is 1. The number of hydrogen-bond donors (Lipinski definition) is 2. The minimum absolute atomic E-state index is 0.0518. The molecule has 0 aromatic heterocycles. The second-order valence-corrected chi connectivity index (χ2v) is 8.68. The van der Waals surface area contributed by atoms with Crippen LogP contribution in [0.25, 0.3) is 0 Å². The fraction of sp³-hybridized carbons (Fsp3) is 0.136. The lowest BCUT2D eigenvalue weighted by atomic mass is 10.1. The van der Waals surface area contributed by atoms with E-state index in [0.717, 1.165) is 24.3 Å². The summed E-state index contributed by atoms with van der Waals surface area (Å²) >= 11 is 0. The highest BCUT2D eigenvalue weighted by Crippen LogP contribution is 2.28. The summed E-state index contributed by atoms with van der Waals surface area (Å²) in [6, 6.07) is 14.0. The number of ether oxygens (including phenoxy) is 1. The number of hydrogen-bond acceptors (Lipinski definition) is 4. The van der Waals surface area contributed by atoms with Crippen molar-refractivity contribution >= 4 is 27.3 Å². The molecule has 0 aliphatic carbocycles. The molecule has 0 fully saturated rings. The fourth-order valence-corrected chi connectivity index (χ4v) is 3.78. The molecule has 0 unspecified atom stereocenters. The lowest BCUT2D eigenvalue weighted by molar-refractivity contribution is -0.153. The van der Waals surface area contributed by atoms with Crippen molar-refractivity contribution in [3.05, 3.63) is 83.7 Å². The summed E-state index contributed by atoms with van der Waals surface area (Å²) in [5.41, 5.74) is 0.974. The van der Waals surface area contributed by atoms with Gasteiger partial charge in [0.25, 0.3) is 15.9 Å². The Labute approximate surface area is 187 Å². The molecule has 0 saturated carbocycles. The van der Waals surface area contributed by atoms with E-state index in [1.54, 1.807) is 13.0 Å². The van der Waals surface area contributed by atoms with Crippen LogP contribution in [0.3, 0.4) is 0 Å². The lowest BCUT2D eigenvalue weighted by Crippen LogP contribution is -2.20. The third-order valence-corrected chi connectivity index (χ3v) is 5.70. The van der Waals surface area contributed by atoms with E-state index in [-0.39, 0.29) is 27.6 Å². The third-order valence-electron chi connectivity index (χ3n) is 4.30. The van der Waals surface area contributed by atoms with Crippen LogP contribution in [0.15, 0.2) is 71.6 Å². The van der Waals surface area contributed by atoms with Gasteiger partial charge in [-0.15, -0.1) is 0 Å². The molecule has 0 bridgehead atoms. The first-order valence-electron chi connectivity index (χ1n) is 9.43. The van der Waals surface area contributed by atoms with Gasteiger partial charge in [0, 0.05) is 11.3 Å². The predicted molar refractivity (Wildman–Crippen MR) is 114 cm³/mol. The number of carbonyl (C=O) groups excluding carboxylic acids is 1. The van der Waals surface area contributed by atoms with Crippen LogP contribution < -0.4 is 14.8 Å². The number of benzene rings is 3. The smallest absolute Gasteiger partial charge is 0.422 e. The van der Waals surface area contributed by atoms with Crippen LogP contribution in [0.5, 0.6) is 5.75 Å². The maximum absolute atomic E-state index is 13.0.